The summed E-state index contributed by atoms with van der Waals surface area (Å²) in [6.45, 7) is 9.78. The van der Waals surface area contributed by atoms with E-state index >= 15 is 0 Å². The van der Waals surface area contributed by atoms with Crippen LogP contribution >= 0.6 is 0 Å². The minimum absolute atomic E-state index is 0.293. The summed E-state index contributed by atoms with van der Waals surface area (Å²) in [6.07, 6.45) is 4.78. The van der Waals surface area contributed by atoms with Gasteiger partial charge in [-0.25, -0.2) is 5.43 Å². The second-order valence-electron chi connectivity index (χ2n) is 3.59. The molecule has 2 aromatic rings. The number of aromatic nitrogens is 2. The van der Waals surface area contributed by atoms with E-state index in [-0.39, 0.29) is 5.91 Å². The van der Waals surface area contributed by atoms with Gasteiger partial charge in [0.05, 0.1) is 17.0 Å². The van der Waals surface area contributed by atoms with E-state index in [0.717, 1.165) is 5.69 Å². The Kier molecular flexibility index (Phi) is 10.8. The minimum atomic E-state index is -0.293. The molecule has 0 aliphatic carbocycles. The first kappa shape index (κ1) is 19.4. The summed E-state index contributed by atoms with van der Waals surface area (Å²) in [4.78, 5) is 19.7. The van der Waals surface area contributed by atoms with Gasteiger partial charge in [-0.1, -0.05) is 33.8 Å². The fourth-order valence-electron chi connectivity index (χ4n) is 1.33. The molecule has 0 unspecified atom stereocenters. The van der Waals surface area contributed by atoms with Gasteiger partial charge in [0.2, 0.25) is 0 Å². The maximum atomic E-state index is 11.7. The Morgan fingerprint density at radius 1 is 1.05 bits per heavy atom. The van der Waals surface area contributed by atoms with Crippen molar-refractivity contribution in [1.82, 2.24) is 15.4 Å². The molecule has 0 spiro atoms. The van der Waals surface area contributed by atoms with Gasteiger partial charge in [-0.3, -0.25) is 14.8 Å². The van der Waals surface area contributed by atoms with Crippen molar-refractivity contribution in [2.24, 2.45) is 5.10 Å². The number of amides is 1. The van der Waals surface area contributed by atoms with E-state index in [0.29, 0.717) is 11.3 Å². The zero-order chi connectivity index (χ0) is 16.8. The predicted molar refractivity (Wildman–Crippen MR) is 90.8 cm³/mol. The highest BCUT2D eigenvalue weighted by Gasteiger charge is 2.04. The lowest BCUT2D eigenvalue weighted by Gasteiger charge is -2.01. The summed E-state index contributed by atoms with van der Waals surface area (Å²) in [6, 6.07) is 8.89. The first-order valence-corrected chi connectivity index (χ1v) is 7.43. The number of pyridine rings is 2. The molecule has 1 amide bonds. The van der Waals surface area contributed by atoms with Crippen molar-refractivity contribution in [2.45, 2.75) is 34.6 Å². The van der Waals surface area contributed by atoms with E-state index in [9.17, 15) is 4.79 Å². The van der Waals surface area contributed by atoms with Crippen molar-refractivity contribution in [3.05, 3.63) is 60.2 Å². The summed E-state index contributed by atoms with van der Waals surface area (Å²) >= 11 is 0. The molecule has 5 heteroatoms. The molecular weight excluding hydrogens is 276 g/mol. The van der Waals surface area contributed by atoms with Crippen molar-refractivity contribution < 1.29 is 4.79 Å². The summed E-state index contributed by atoms with van der Waals surface area (Å²) in [5.41, 5.74) is 4.31. The van der Waals surface area contributed by atoms with E-state index in [1.807, 2.05) is 45.9 Å². The molecule has 118 valence electrons. The van der Waals surface area contributed by atoms with Crippen molar-refractivity contribution in [3.8, 4) is 0 Å². The third kappa shape index (κ3) is 6.74. The van der Waals surface area contributed by atoms with Crippen LogP contribution in [0.3, 0.4) is 0 Å². The Morgan fingerprint density at radius 3 is 2.32 bits per heavy atom. The smallest absolute Gasteiger partial charge is 0.267 e. The lowest BCUT2D eigenvalue weighted by Crippen LogP contribution is -2.19. The molecule has 0 atom stereocenters. The first-order chi connectivity index (χ1) is 10.8. The lowest BCUT2D eigenvalue weighted by molar-refractivity contribution is 0.0954. The van der Waals surface area contributed by atoms with Gasteiger partial charge in [0.25, 0.3) is 5.91 Å². The molecule has 2 heterocycles. The van der Waals surface area contributed by atoms with Crippen LogP contribution in [0.15, 0.2) is 54.0 Å². The van der Waals surface area contributed by atoms with Crippen LogP contribution in [0.1, 0.15) is 50.7 Å². The SMILES string of the molecule is C/C(=N\NC(=O)c1cccnc1)c1ccccn1.CC.CC. The number of nitrogens with zero attached hydrogens (tertiary/aromatic N) is 3. The van der Waals surface area contributed by atoms with E-state index in [4.69, 9.17) is 0 Å². The molecule has 2 aromatic heterocycles. The molecule has 0 fully saturated rings. The van der Waals surface area contributed by atoms with Crippen LogP contribution < -0.4 is 5.43 Å². The van der Waals surface area contributed by atoms with Crippen molar-refractivity contribution in [3.63, 3.8) is 0 Å². The standard InChI is InChI=1S/C13H12N4O.2C2H6/c1-10(12-6-2-3-8-15-12)16-17-13(18)11-5-4-7-14-9-11;2*1-2/h2-9H,1H3,(H,17,18);2*1-2H3/b16-10+;;. The van der Waals surface area contributed by atoms with Crippen LogP contribution in [-0.4, -0.2) is 21.6 Å². The Hall–Kier alpha value is -2.56. The van der Waals surface area contributed by atoms with Crippen molar-refractivity contribution >= 4 is 11.6 Å². The van der Waals surface area contributed by atoms with Crippen LogP contribution in [0, 0.1) is 0 Å². The predicted octanol–water partition coefficient (Wildman–Crippen LogP) is 3.68. The third-order valence-electron chi connectivity index (χ3n) is 2.28. The summed E-state index contributed by atoms with van der Waals surface area (Å²) in [5.74, 6) is -0.293. The number of carbonyl (C=O) groups is 1. The topological polar surface area (TPSA) is 67.2 Å². The molecule has 0 bridgehead atoms. The van der Waals surface area contributed by atoms with Gasteiger partial charge in [-0.2, -0.15) is 5.10 Å². The number of hydrogen-bond acceptors (Lipinski definition) is 4. The van der Waals surface area contributed by atoms with E-state index < -0.39 is 0 Å². The van der Waals surface area contributed by atoms with Gasteiger partial charge in [0, 0.05) is 18.6 Å². The van der Waals surface area contributed by atoms with Gasteiger partial charge in [0.1, 0.15) is 0 Å². The maximum absolute atomic E-state index is 11.7. The number of hydrogen-bond donors (Lipinski definition) is 1. The molecule has 0 saturated heterocycles. The summed E-state index contributed by atoms with van der Waals surface area (Å²) in [5, 5.41) is 4.00. The quantitative estimate of drug-likeness (QED) is 0.694. The normalized spacial score (nSPS) is 9.59. The average molecular weight is 300 g/mol. The second-order valence-corrected chi connectivity index (χ2v) is 3.59. The zero-order valence-electron chi connectivity index (χ0n) is 13.9. The van der Waals surface area contributed by atoms with Crippen LogP contribution in [0.25, 0.3) is 0 Å². The number of rotatable bonds is 3. The molecule has 0 aliphatic rings. The number of nitrogens with one attached hydrogen (secondary N) is 1. The zero-order valence-corrected chi connectivity index (χ0v) is 13.9. The van der Waals surface area contributed by atoms with Gasteiger partial charge < -0.3 is 0 Å². The van der Waals surface area contributed by atoms with Crippen LogP contribution in [0.4, 0.5) is 0 Å². The van der Waals surface area contributed by atoms with Crippen LogP contribution in [0.2, 0.25) is 0 Å². The highest BCUT2D eigenvalue weighted by atomic mass is 16.2. The monoisotopic (exact) mass is 300 g/mol. The molecule has 0 radical (unpaired) electrons. The minimum Gasteiger partial charge on any atom is -0.267 e. The van der Waals surface area contributed by atoms with E-state index in [1.165, 1.54) is 6.20 Å². The van der Waals surface area contributed by atoms with E-state index in [1.54, 1.807) is 31.5 Å². The van der Waals surface area contributed by atoms with Gasteiger partial charge in [-0.15, -0.1) is 0 Å². The fourth-order valence-corrected chi connectivity index (χ4v) is 1.33. The molecule has 22 heavy (non-hydrogen) atoms. The van der Waals surface area contributed by atoms with Gasteiger partial charge >= 0.3 is 0 Å². The van der Waals surface area contributed by atoms with Crippen molar-refractivity contribution in [1.29, 1.82) is 0 Å². The highest BCUT2D eigenvalue weighted by molar-refractivity contribution is 5.99. The Bertz CT molecular complexity index is 553. The molecule has 0 aromatic carbocycles. The molecular formula is C17H24N4O. The van der Waals surface area contributed by atoms with E-state index in [2.05, 4.69) is 20.5 Å². The second kappa shape index (κ2) is 12.2. The molecule has 5 nitrogen and oxygen atoms in total. The van der Waals surface area contributed by atoms with Crippen LogP contribution in [-0.2, 0) is 0 Å². The van der Waals surface area contributed by atoms with Gasteiger partial charge in [0.15, 0.2) is 0 Å². The Labute approximate surface area is 132 Å². The molecule has 2 rings (SSSR count). The molecule has 0 saturated carbocycles. The average Bonchev–Trinajstić information content (AvgIpc) is 2.64. The first-order valence-electron chi connectivity index (χ1n) is 7.43. The largest absolute Gasteiger partial charge is 0.272 e. The summed E-state index contributed by atoms with van der Waals surface area (Å²) < 4.78 is 0. The molecule has 0 aliphatic heterocycles. The third-order valence-corrected chi connectivity index (χ3v) is 2.28. The Balaban J connectivity index is 0.00000102. The number of carbonyl (C=O) groups excluding carboxylic acids is 1. The fraction of sp³-hybridized carbons (Fsp3) is 0.294. The van der Waals surface area contributed by atoms with Crippen molar-refractivity contribution in [2.75, 3.05) is 0 Å². The lowest BCUT2D eigenvalue weighted by atomic mass is 10.2. The summed E-state index contributed by atoms with van der Waals surface area (Å²) in [7, 11) is 0. The molecule has 1 N–H and O–H groups in total. The highest BCUT2D eigenvalue weighted by Crippen LogP contribution is 1.97. The van der Waals surface area contributed by atoms with Crippen LogP contribution in [0.5, 0.6) is 0 Å². The number of hydrazone groups is 1. The Morgan fingerprint density at radius 2 is 1.77 bits per heavy atom. The maximum Gasteiger partial charge on any atom is 0.272 e. The van der Waals surface area contributed by atoms with Gasteiger partial charge in [-0.05, 0) is 31.2 Å².